The zero-order chi connectivity index (χ0) is 12.5. The lowest BCUT2D eigenvalue weighted by molar-refractivity contribution is 0.126. The van der Waals surface area contributed by atoms with E-state index in [0.717, 1.165) is 24.5 Å². The lowest BCUT2D eigenvalue weighted by Gasteiger charge is -2.40. The Labute approximate surface area is 107 Å². The molecule has 5 heteroatoms. The maximum atomic E-state index is 4.52. The predicted octanol–water partition coefficient (Wildman–Crippen LogP) is 0.693. The van der Waals surface area contributed by atoms with E-state index in [-0.39, 0.29) is 6.17 Å². The summed E-state index contributed by atoms with van der Waals surface area (Å²) in [5.74, 6) is 1.51. The first-order valence-corrected chi connectivity index (χ1v) is 6.54. The number of nitrogens with zero attached hydrogens (tertiary/aromatic N) is 4. The SMILES string of the molecule is C[C@@H]1CCNC[C@H]1N(C)[C@H]1N=CN=C2N=CC=C21. The van der Waals surface area contributed by atoms with Crippen LogP contribution in [0, 0.1) is 5.92 Å². The fourth-order valence-electron chi connectivity index (χ4n) is 2.90. The summed E-state index contributed by atoms with van der Waals surface area (Å²) >= 11 is 0. The Hall–Kier alpha value is -1.33. The number of likely N-dealkylation sites (N-methyl/N-ethyl adjacent to an activating group) is 1. The van der Waals surface area contributed by atoms with Crippen LogP contribution in [0.2, 0.25) is 0 Å². The van der Waals surface area contributed by atoms with Crippen molar-refractivity contribution in [1.29, 1.82) is 0 Å². The van der Waals surface area contributed by atoms with E-state index in [0.29, 0.717) is 12.0 Å². The number of nitrogens with one attached hydrogen (secondary N) is 1. The van der Waals surface area contributed by atoms with Crippen LogP contribution in [0.5, 0.6) is 0 Å². The molecule has 0 radical (unpaired) electrons. The van der Waals surface area contributed by atoms with Crippen molar-refractivity contribution in [3.05, 3.63) is 11.6 Å². The van der Waals surface area contributed by atoms with Crippen molar-refractivity contribution in [3.63, 3.8) is 0 Å². The monoisotopic (exact) mass is 245 g/mol. The number of rotatable bonds is 2. The second-order valence-electron chi connectivity index (χ2n) is 5.19. The van der Waals surface area contributed by atoms with Gasteiger partial charge >= 0.3 is 0 Å². The van der Waals surface area contributed by atoms with Crippen molar-refractivity contribution in [1.82, 2.24) is 10.2 Å². The van der Waals surface area contributed by atoms with Gasteiger partial charge in [-0.25, -0.2) is 15.0 Å². The Balaban J connectivity index is 1.78. The van der Waals surface area contributed by atoms with Crippen LogP contribution in [0.15, 0.2) is 26.6 Å². The summed E-state index contributed by atoms with van der Waals surface area (Å²) in [6, 6.07) is 0.516. The van der Waals surface area contributed by atoms with Gasteiger partial charge in [0, 0.05) is 24.4 Å². The Kier molecular flexibility index (Phi) is 3.09. The van der Waals surface area contributed by atoms with Crippen LogP contribution in [-0.4, -0.2) is 55.6 Å². The number of fused-ring (bicyclic) bond motifs is 1. The predicted molar refractivity (Wildman–Crippen MR) is 74.5 cm³/mol. The van der Waals surface area contributed by atoms with Gasteiger partial charge in [0.25, 0.3) is 0 Å². The minimum absolute atomic E-state index is 0.0624. The van der Waals surface area contributed by atoms with Crippen molar-refractivity contribution in [2.24, 2.45) is 20.9 Å². The topological polar surface area (TPSA) is 52.3 Å². The van der Waals surface area contributed by atoms with Crippen LogP contribution in [0.4, 0.5) is 0 Å². The molecular formula is C13H19N5. The zero-order valence-electron chi connectivity index (χ0n) is 10.9. The average Bonchev–Trinajstić information content (AvgIpc) is 2.86. The number of allylic oxidation sites excluding steroid dienone is 1. The maximum absolute atomic E-state index is 4.52. The van der Waals surface area contributed by atoms with Gasteiger partial charge in [0.2, 0.25) is 0 Å². The van der Waals surface area contributed by atoms with Crippen molar-refractivity contribution < 1.29 is 0 Å². The Morgan fingerprint density at radius 1 is 1.44 bits per heavy atom. The summed E-state index contributed by atoms with van der Waals surface area (Å²) in [6.45, 7) is 4.48. The first kappa shape index (κ1) is 11.7. The number of piperidine rings is 1. The smallest absolute Gasteiger partial charge is 0.160 e. The summed E-state index contributed by atoms with van der Waals surface area (Å²) < 4.78 is 0. The Bertz CT molecular complexity index is 448. The van der Waals surface area contributed by atoms with E-state index in [1.54, 1.807) is 6.34 Å². The van der Waals surface area contributed by atoms with Gasteiger partial charge in [0.05, 0.1) is 0 Å². The van der Waals surface area contributed by atoms with Crippen molar-refractivity contribution in [2.75, 3.05) is 20.1 Å². The highest BCUT2D eigenvalue weighted by atomic mass is 15.3. The highest BCUT2D eigenvalue weighted by molar-refractivity contribution is 6.14. The van der Waals surface area contributed by atoms with Crippen molar-refractivity contribution in [3.8, 4) is 0 Å². The highest BCUT2D eigenvalue weighted by Gasteiger charge is 2.33. The number of amidine groups is 1. The summed E-state index contributed by atoms with van der Waals surface area (Å²) in [5, 5.41) is 3.47. The molecule has 0 saturated carbocycles. The number of aliphatic imine (C=N–C) groups is 3. The van der Waals surface area contributed by atoms with E-state index in [1.165, 1.54) is 6.42 Å². The molecule has 3 aliphatic rings. The molecule has 5 nitrogen and oxygen atoms in total. The van der Waals surface area contributed by atoms with Gasteiger partial charge in [-0.05, 0) is 32.0 Å². The summed E-state index contributed by atoms with van der Waals surface area (Å²) in [7, 11) is 2.15. The first-order valence-electron chi connectivity index (χ1n) is 6.54. The van der Waals surface area contributed by atoms with E-state index in [2.05, 4.69) is 39.2 Å². The van der Waals surface area contributed by atoms with Gasteiger partial charge in [0.15, 0.2) is 5.84 Å². The van der Waals surface area contributed by atoms with E-state index in [1.807, 2.05) is 12.3 Å². The number of hydrogen-bond acceptors (Lipinski definition) is 5. The molecule has 0 unspecified atom stereocenters. The molecule has 0 amide bonds. The lowest BCUT2D eigenvalue weighted by atomic mass is 9.92. The molecule has 0 aromatic carbocycles. The molecule has 0 spiro atoms. The molecular weight excluding hydrogens is 226 g/mol. The quantitative estimate of drug-likeness (QED) is 0.778. The molecule has 1 saturated heterocycles. The largest absolute Gasteiger partial charge is 0.315 e. The molecule has 96 valence electrons. The third kappa shape index (κ3) is 1.93. The van der Waals surface area contributed by atoms with E-state index in [9.17, 15) is 0 Å². The highest BCUT2D eigenvalue weighted by Crippen LogP contribution is 2.25. The zero-order valence-corrected chi connectivity index (χ0v) is 10.9. The standard InChI is InChI=1S/C13H19N5/c1-9-3-5-14-7-11(9)18(2)13-10-4-6-15-12(10)16-8-17-13/h4,6,8-9,11,13-14H,3,5,7H2,1-2H3/t9-,11-,13-/m1/s1. The van der Waals surface area contributed by atoms with Crippen LogP contribution in [0.1, 0.15) is 13.3 Å². The molecule has 3 heterocycles. The summed E-state index contributed by atoms with van der Waals surface area (Å²) in [4.78, 5) is 15.3. The average molecular weight is 245 g/mol. The molecule has 3 atom stereocenters. The molecule has 0 aromatic rings. The fraction of sp³-hybridized carbons (Fsp3) is 0.615. The van der Waals surface area contributed by atoms with Gasteiger partial charge in [-0.3, -0.25) is 4.90 Å². The van der Waals surface area contributed by atoms with Crippen LogP contribution >= 0.6 is 0 Å². The van der Waals surface area contributed by atoms with Crippen LogP contribution in [0.25, 0.3) is 0 Å². The summed E-state index contributed by atoms with van der Waals surface area (Å²) in [5.41, 5.74) is 1.12. The molecule has 0 bridgehead atoms. The van der Waals surface area contributed by atoms with Gasteiger partial charge < -0.3 is 5.32 Å². The van der Waals surface area contributed by atoms with Crippen molar-refractivity contribution >= 4 is 18.4 Å². The molecule has 1 N–H and O–H groups in total. The molecule has 0 aliphatic carbocycles. The Morgan fingerprint density at radius 3 is 3.17 bits per heavy atom. The third-order valence-corrected chi connectivity index (χ3v) is 4.07. The lowest BCUT2D eigenvalue weighted by Crippen LogP contribution is -2.53. The molecule has 0 aromatic heterocycles. The second-order valence-corrected chi connectivity index (χ2v) is 5.19. The summed E-state index contributed by atoms with van der Waals surface area (Å²) in [6.07, 6.45) is 6.76. The van der Waals surface area contributed by atoms with E-state index in [4.69, 9.17) is 0 Å². The van der Waals surface area contributed by atoms with Gasteiger partial charge in [-0.15, -0.1) is 0 Å². The van der Waals surface area contributed by atoms with Crippen LogP contribution in [-0.2, 0) is 0 Å². The fourth-order valence-corrected chi connectivity index (χ4v) is 2.90. The molecule has 1 fully saturated rings. The normalized spacial score (nSPS) is 34.5. The first-order chi connectivity index (χ1) is 8.77. The van der Waals surface area contributed by atoms with E-state index >= 15 is 0 Å². The number of hydrogen-bond donors (Lipinski definition) is 1. The minimum Gasteiger partial charge on any atom is -0.315 e. The van der Waals surface area contributed by atoms with Gasteiger partial charge in [-0.2, -0.15) is 0 Å². The molecule has 3 rings (SSSR count). The van der Waals surface area contributed by atoms with Gasteiger partial charge in [0.1, 0.15) is 12.5 Å². The Morgan fingerprint density at radius 2 is 2.33 bits per heavy atom. The molecule has 3 aliphatic heterocycles. The minimum atomic E-state index is 0.0624. The van der Waals surface area contributed by atoms with E-state index < -0.39 is 0 Å². The molecule has 18 heavy (non-hydrogen) atoms. The second kappa shape index (κ2) is 4.74. The van der Waals surface area contributed by atoms with Crippen LogP contribution in [0.3, 0.4) is 0 Å². The van der Waals surface area contributed by atoms with Crippen molar-refractivity contribution in [2.45, 2.75) is 25.6 Å². The maximum Gasteiger partial charge on any atom is 0.160 e. The van der Waals surface area contributed by atoms with Crippen LogP contribution < -0.4 is 5.32 Å². The third-order valence-electron chi connectivity index (χ3n) is 4.07. The van der Waals surface area contributed by atoms with Gasteiger partial charge in [-0.1, -0.05) is 6.92 Å².